The fourth-order valence-electron chi connectivity index (χ4n) is 3.57. The molecule has 5 nitrogen and oxygen atoms in total. The fourth-order valence-corrected chi connectivity index (χ4v) is 3.57. The summed E-state index contributed by atoms with van der Waals surface area (Å²) in [6, 6.07) is 14.1. The van der Waals surface area contributed by atoms with Gasteiger partial charge in [-0.1, -0.05) is 36.9 Å². The molecular formula is C24H29N3O2. The summed E-state index contributed by atoms with van der Waals surface area (Å²) in [5.74, 6) is 1.65. The summed E-state index contributed by atoms with van der Waals surface area (Å²) in [6.07, 6.45) is 3.18. The van der Waals surface area contributed by atoms with Crippen molar-refractivity contribution >= 4 is 16.9 Å². The maximum atomic E-state index is 11.7. The monoisotopic (exact) mass is 391 g/mol. The minimum Gasteiger partial charge on any atom is -0.493 e. The molecule has 3 aromatic rings. The first-order valence-electron chi connectivity index (χ1n) is 10.1. The van der Waals surface area contributed by atoms with Crippen LogP contribution in [0, 0.1) is 13.8 Å². The number of hydrogen-bond donors (Lipinski definition) is 1. The van der Waals surface area contributed by atoms with Gasteiger partial charge in [0.25, 0.3) is 0 Å². The number of hydrogen-bond acceptors (Lipinski definition) is 3. The number of carbonyl (C=O) groups excluding carboxylic acids is 1. The number of nitrogens with one attached hydrogen (secondary N) is 1. The number of aromatic nitrogens is 2. The van der Waals surface area contributed by atoms with E-state index < -0.39 is 0 Å². The number of ether oxygens (including phenoxy) is 1. The lowest BCUT2D eigenvalue weighted by Gasteiger charge is -2.16. The van der Waals surface area contributed by atoms with Crippen molar-refractivity contribution in [1.82, 2.24) is 14.9 Å². The van der Waals surface area contributed by atoms with Crippen molar-refractivity contribution in [3.63, 3.8) is 0 Å². The number of benzene rings is 2. The van der Waals surface area contributed by atoms with Gasteiger partial charge in [-0.15, -0.1) is 0 Å². The summed E-state index contributed by atoms with van der Waals surface area (Å²) < 4.78 is 8.22. The third kappa shape index (κ3) is 4.86. The van der Waals surface area contributed by atoms with Crippen LogP contribution in [-0.4, -0.2) is 22.1 Å². The molecule has 0 saturated heterocycles. The van der Waals surface area contributed by atoms with Gasteiger partial charge in [0.15, 0.2) is 0 Å². The van der Waals surface area contributed by atoms with E-state index in [1.807, 2.05) is 25.1 Å². The van der Waals surface area contributed by atoms with Gasteiger partial charge >= 0.3 is 0 Å². The molecule has 5 heteroatoms. The number of nitrogens with zero attached hydrogens (tertiary/aromatic N) is 2. The normalized spacial score (nSPS) is 12.0. The Labute approximate surface area is 172 Å². The predicted octanol–water partition coefficient (Wildman–Crippen LogP) is 4.88. The third-order valence-electron chi connectivity index (χ3n) is 5.05. The number of unbranched alkanes of at least 4 members (excludes halogenated alkanes) is 1. The van der Waals surface area contributed by atoms with Crippen molar-refractivity contribution in [2.75, 3.05) is 6.61 Å². The zero-order valence-electron chi connectivity index (χ0n) is 17.4. The highest BCUT2D eigenvalue weighted by Gasteiger charge is 2.17. The van der Waals surface area contributed by atoms with Crippen LogP contribution in [-0.2, 0) is 11.3 Å². The van der Waals surface area contributed by atoms with E-state index >= 15 is 0 Å². The van der Waals surface area contributed by atoms with Gasteiger partial charge in [-0.25, -0.2) is 4.98 Å². The standard InChI is InChI=1S/C24H29N3O2/c1-5-22(28)25-19(4)24-26-20-13-6-7-14-21(20)27(24)15-8-9-16-29-23-17(2)11-10-12-18(23)3/h5-7,10-14,19H,1,8-9,15-16H2,2-4H3,(H,25,28). The van der Waals surface area contributed by atoms with E-state index in [1.165, 1.54) is 17.2 Å². The summed E-state index contributed by atoms with van der Waals surface area (Å²) in [4.78, 5) is 16.5. The molecule has 0 aliphatic heterocycles. The number of carbonyl (C=O) groups is 1. The van der Waals surface area contributed by atoms with Crippen molar-refractivity contribution in [1.29, 1.82) is 0 Å². The molecule has 1 amide bonds. The van der Waals surface area contributed by atoms with Gasteiger partial charge in [-0.2, -0.15) is 0 Å². The van der Waals surface area contributed by atoms with Crippen LogP contribution in [0.5, 0.6) is 5.75 Å². The van der Waals surface area contributed by atoms with E-state index in [-0.39, 0.29) is 11.9 Å². The maximum Gasteiger partial charge on any atom is 0.243 e. The van der Waals surface area contributed by atoms with Gasteiger partial charge in [0, 0.05) is 6.54 Å². The zero-order chi connectivity index (χ0) is 20.8. The number of rotatable bonds is 9. The third-order valence-corrected chi connectivity index (χ3v) is 5.05. The topological polar surface area (TPSA) is 56.2 Å². The molecule has 0 aliphatic rings. The molecule has 0 bridgehead atoms. The van der Waals surface area contributed by atoms with E-state index in [4.69, 9.17) is 9.72 Å². The molecule has 1 aromatic heterocycles. The van der Waals surface area contributed by atoms with Gasteiger partial charge in [-0.3, -0.25) is 4.79 Å². The fraction of sp³-hybridized carbons (Fsp3) is 0.333. The van der Waals surface area contributed by atoms with E-state index in [0.29, 0.717) is 6.61 Å². The summed E-state index contributed by atoms with van der Waals surface area (Å²) in [5, 5.41) is 2.92. The molecule has 0 saturated carbocycles. The van der Waals surface area contributed by atoms with Crippen molar-refractivity contribution in [3.05, 3.63) is 72.1 Å². The first-order chi connectivity index (χ1) is 14.0. The summed E-state index contributed by atoms with van der Waals surface area (Å²) in [6.45, 7) is 11.1. The van der Waals surface area contributed by atoms with E-state index in [0.717, 1.165) is 42.0 Å². The zero-order valence-corrected chi connectivity index (χ0v) is 17.4. The van der Waals surface area contributed by atoms with Gasteiger partial charge in [-0.05, 0) is 62.9 Å². The number of amides is 1. The minimum absolute atomic E-state index is 0.196. The quantitative estimate of drug-likeness (QED) is 0.418. The number of para-hydroxylation sites is 3. The lowest BCUT2D eigenvalue weighted by Crippen LogP contribution is -2.27. The summed E-state index contributed by atoms with van der Waals surface area (Å²) in [7, 11) is 0. The molecule has 29 heavy (non-hydrogen) atoms. The van der Waals surface area contributed by atoms with Gasteiger partial charge in [0.2, 0.25) is 5.91 Å². The second-order valence-electron chi connectivity index (χ2n) is 7.32. The molecule has 152 valence electrons. The molecule has 0 radical (unpaired) electrons. The highest BCUT2D eigenvalue weighted by molar-refractivity contribution is 5.87. The first kappa shape index (κ1) is 20.6. The SMILES string of the molecule is C=CC(=O)NC(C)c1nc2ccccc2n1CCCCOc1c(C)cccc1C. The highest BCUT2D eigenvalue weighted by atomic mass is 16.5. The van der Waals surface area contributed by atoms with Crippen molar-refractivity contribution in [3.8, 4) is 5.75 Å². The van der Waals surface area contributed by atoms with Crippen LogP contribution in [0.15, 0.2) is 55.1 Å². The lowest BCUT2D eigenvalue weighted by molar-refractivity contribution is -0.117. The first-order valence-corrected chi connectivity index (χ1v) is 10.1. The Morgan fingerprint density at radius 1 is 1.17 bits per heavy atom. The van der Waals surface area contributed by atoms with Crippen LogP contribution in [0.1, 0.15) is 42.8 Å². The molecule has 1 N–H and O–H groups in total. The predicted molar refractivity (Wildman–Crippen MR) is 117 cm³/mol. The highest BCUT2D eigenvalue weighted by Crippen LogP contribution is 2.24. The van der Waals surface area contributed by atoms with Crippen molar-refractivity contribution < 1.29 is 9.53 Å². The Morgan fingerprint density at radius 2 is 1.90 bits per heavy atom. The molecule has 3 rings (SSSR count). The van der Waals surface area contributed by atoms with Crippen LogP contribution >= 0.6 is 0 Å². The van der Waals surface area contributed by atoms with Crippen LogP contribution < -0.4 is 10.1 Å². The molecular weight excluding hydrogens is 362 g/mol. The molecule has 0 fully saturated rings. The number of imidazole rings is 1. The average molecular weight is 392 g/mol. The molecule has 1 heterocycles. The molecule has 0 spiro atoms. The molecule has 0 aliphatic carbocycles. The van der Waals surface area contributed by atoms with Crippen LogP contribution in [0.2, 0.25) is 0 Å². The van der Waals surface area contributed by atoms with E-state index in [1.54, 1.807) is 0 Å². The Hall–Kier alpha value is -3.08. The smallest absolute Gasteiger partial charge is 0.243 e. The van der Waals surface area contributed by atoms with Crippen LogP contribution in [0.4, 0.5) is 0 Å². The number of aryl methyl sites for hydroxylation is 3. The van der Waals surface area contributed by atoms with Crippen LogP contribution in [0.3, 0.4) is 0 Å². The maximum absolute atomic E-state index is 11.7. The Balaban J connectivity index is 1.66. The van der Waals surface area contributed by atoms with E-state index in [9.17, 15) is 4.79 Å². The van der Waals surface area contributed by atoms with Gasteiger partial charge in [0.05, 0.1) is 23.7 Å². The van der Waals surface area contributed by atoms with Crippen LogP contribution in [0.25, 0.3) is 11.0 Å². The molecule has 1 unspecified atom stereocenters. The Bertz CT molecular complexity index is 986. The molecule has 2 aromatic carbocycles. The Morgan fingerprint density at radius 3 is 2.62 bits per heavy atom. The number of fused-ring (bicyclic) bond motifs is 1. The largest absolute Gasteiger partial charge is 0.493 e. The molecule has 1 atom stereocenters. The second kappa shape index (κ2) is 9.41. The average Bonchev–Trinajstić information content (AvgIpc) is 3.08. The van der Waals surface area contributed by atoms with E-state index in [2.05, 4.69) is 54.6 Å². The second-order valence-corrected chi connectivity index (χ2v) is 7.32. The van der Waals surface area contributed by atoms with Gasteiger partial charge < -0.3 is 14.6 Å². The summed E-state index contributed by atoms with van der Waals surface area (Å²) in [5.41, 5.74) is 4.35. The van der Waals surface area contributed by atoms with Gasteiger partial charge in [0.1, 0.15) is 11.6 Å². The summed E-state index contributed by atoms with van der Waals surface area (Å²) >= 11 is 0. The van der Waals surface area contributed by atoms with Crippen molar-refractivity contribution in [2.24, 2.45) is 0 Å². The lowest BCUT2D eigenvalue weighted by atomic mass is 10.1. The Kier molecular flexibility index (Phi) is 6.70. The van der Waals surface area contributed by atoms with Crippen molar-refractivity contribution in [2.45, 2.75) is 46.2 Å². The minimum atomic E-state index is -0.196.